The van der Waals surface area contributed by atoms with Crippen molar-refractivity contribution in [1.29, 1.82) is 0 Å². The molecule has 1 aromatic carbocycles. The molecule has 2 rings (SSSR count). The lowest BCUT2D eigenvalue weighted by molar-refractivity contribution is 0.348. The van der Waals surface area contributed by atoms with Gasteiger partial charge in [0.25, 0.3) is 0 Å². The summed E-state index contributed by atoms with van der Waals surface area (Å²) in [6.45, 7) is 1.97. The van der Waals surface area contributed by atoms with Crippen molar-refractivity contribution in [2.75, 3.05) is 0 Å². The number of benzene rings is 1. The first-order valence-electron chi connectivity index (χ1n) is 5.55. The molecule has 0 radical (unpaired) electrons. The molecule has 0 saturated heterocycles. The molecule has 0 spiro atoms. The molecule has 0 fully saturated rings. The zero-order valence-electron chi connectivity index (χ0n) is 9.63. The van der Waals surface area contributed by atoms with Crippen molar-refractivity contribution < 1.29 is 9.63 Å². The second kappa shape index (κ2) is 4.97. The van der Waals surface area contributed by atoms with Crippen molar-refractivity contribution in [3.05, 3.63) is 41.5 Å². The van der Waals surface area contributed by atoms with Crippen LogP contribution in [0.2, 0.25) is 0 Å². The summed E-state index contributed by atoms with van der Waals surface area (Å²) in [5, 5.41) is 13.0. The van der Waals surface area contributed by atoms with Gasteiger partial charge in [0, 0.05) is 6.42 Å². The van der Waals surface area contributed by atoms with Crippen LogP contribution in [-0.4, -0.2) is 15.2 Å². The van der Waals surface area contributed by atoms with Gasteiger partial charge in [0.2, 0.25) is 5.89 Å². The van der Waals surface area contributed by atoms with E-state index >= 15 is 0 Å². The van der Waals surface area contributed by atoms with Gasteiger partial charge in [-0.1, -0.05) is 24.2 Å². The van der Waals surface area contributed by atoms with Gasteiger partial charge in [-0.25, -0.2) is 0 Å². The summed E-state index contributed by atoms with van der Waals surface area (Å²) in [5.74, 6) is 1.33. The quantitative estimate of drug-likeness (QED) is 0.840. The van der Waals surface area contributed by atoms with Crippen LogP contribution in [0.3, 0.4) is 0 Å². The van der Waals surface area contributed by atoms with E-state index in [0.29, 0.717) is 18.1 Å². The van der Waals surface area contributed by atoms with E-state index in [-0.39, 0.29) is 11.8 Å². The Bertz CT molecular complexity index is 479. The Kier molecular flexibility index (Phi) is 3.39. The molecule has 17 heavy (non-hydrogen) atoms. The lowest BCUT2D eigenvalue weighted by atomic mass is 10.1. The van der Waals surface area contributed by atoms with E-state index in [1.807, 2.05) is 19.1 Å². The molecule has 1 heterocycles. The maximum atomic E-state index is 9.17. The number of nitrogens with two attached hydrogens (primary N) is 1. The van der Waals surface area contributed by atoms with Crippen molar-refractivity contribution >= 4 is 0 Å². The minimum absolute atomic E-state index is 0.198. The van der Waals surface area contributed by atoms with Gasteiger partial charge in [0.1, 0.15) is 5.75 Å². The van der Waals surface area contributed by atoms with Gasteiger partial charge in [0.05, 0.1) is 6.04 Å². The minimum atomic E-state index is -0.198. The Balaban J connectivity index is 2.08. The summed E-state index contributed by atoms with van der Waals surface area (Å²) in [6.07, 6.45) is 1.33. The molecular formula is C12H15N3O2. The Morgan fingerprint density at radius 1 is 1.35 bits per heavy atom. The van der Waals surface area contributed by atoms with E-state index in [4.69, 9.17) is 15.4 Å². The number of hydrogen-bond donors (Lipinski definition) is 2. The first-order chi connectivity index (χ1) is 8.19. The van der Waals surface area contributed by atoms with E-state index in [2.05, 4.69) is 10.1 Å². The topological polar surface area (TPSA) is 85.2 Å². The Morgan fingerprint density at radius 2 is 2.06 bits per heavy atom. The van der Waals surface area contributed by atoms with Gasteiger partial charge in [-0.05, 0) is 24.1 Å². The highest BCUT2D eigenvalue weighted by molar-refractivity contribution is 5.27. The van der Waals surface area contributed by atoms with Gasteiger partial charge < -0.3 is 15.4 Å². The minimum Gasteiger partial charge on any atom is -0.508 e. The molecule has 1 aromatic heterocycles. The van der Waals surface area contributed by atoms with E-state index in [1.54, 1.807) is 12.1 Å². The predicted octanol–water partition coefficient (Wildman–Crippen LogP) is 1.78. The lowest BCUT2D eigenvalue weighted by Gasteiger charge is -1.99. The van der Waals surface area contributed by atoms with Gasteiger partial charge in [-0.15, -0.1) is 0 Å². The first kappa shape index (κ1) is 11.6. The lowest BCUT2D eigenvalue weighted by Crippen LogP contribution is -2.08. The van der Waals surface area contributed by atoms with Crippen LogP contribution in [0.1, 0.15) is 36.7 Å². The van der Waals surface area contributed by atoms with Crippen LogP contribution >= 0.6 is 0 Å². The molecule has 1 atom stereocenters. The average Bonchev–Trinajstić information content (AvgIpc) is 2.80. The van der Waals surface area contributed by atoms with Crippen LogP contribution in [0.15, 0.2) is 28.8 Å². The van der Waals surface area contributed by atoms with Crippen LogP contribution in [0, 0.1) is 0 Å². The average molecular weight is 233 g/mol. The number of phenolic OH excluding ortho intramolecular Hbond substituents is 1. The molecule has 90 valence electrons. The molecule has 5 nitrogen and oxygen atoms in total. The number of phenols is 1. The van der Waals surface area contributed by atoms with Gasteiger partial charge in [-0.2, -0.15) is 4.98 Å². The number of aromatic hydroxyl groups is 1. The monoisotopic (exact) mass is 233 g/mol. The molecule has 2 aromatic rings. The fraction of sp³-hybridized carbons (Fsp3) is 0.333. The Labute approximate surface area is 99.3 Å². The summed E-state index contributed by atoms with van der Waals surface area (Å²) >= 11 is 0. The summed E-state index contributed by atoms with van der Waals surface area (Å²) in [4.78, 5) is 4.23. The van der Waals surface area contributed by atoms with Crippen LogP contribution in [0.5, 0.6) is 5.75 Å². The molecule has 5 heteroatoms. The van der Waals surface area contributed by atoms with Crippen molar-refractivity contribution in [2.45, 2.75) is 25.8 Å². The standard InChI is InChI=1S/C12H15N3O2/c1-2-10(13)12-14-11(15-17-12)7-8-3-5-9(16)6-4-8/h3-6,10,16H,2,7,13H2,1H3/t10-/m0/s1. The normalized spacial score (nSPS) is 12.6. The molecule has 0 aliphatic heterocycles. The number of nitrogens with zero attached hydrogens (tertiary/aromatic N) is 2. The molecular weight excluding hydrogens is 218 g/mol. The van der Waals surface area contributed by atoms with E-state index in [9.17, 15) is 0 Å². The third kappa shape index (κ3) is 2.82. The molecule has 0 bridgehead atoms. The largest absolute Gasteiger partial charge is 0.508 e. The number of aromatic nitrogens is 2. The number of rotatable bonds is 4. The second-order valence-electron chi connectivity index (χ2n) is 3.91. The van der Waals surface area contributed by atoms with Crippen LogP contribution in [0.25, 0.3) is 0 Å². The molecule has 0 aliphatic rings. The third-order valence-electron chi connectivity index (χ3n) is 2.54. The summed E-state index contributed by atoms with van der Waals surface area (Å²) in [7, 11) is 0. The third-order valence-corrected chi connectivity index (χ3v) is 2.54. The smallest absolute Gasteiger partial charge is 0.243 e. The molecule has 3 N–H and O–H groups in total. The van der Waals surface area contributed by atoms with Gasteiger partial charge >= 0.3 is 0 Å². The second-order valence-corrected chi connectivity index (χ2v) is 3.91. The fourth-order valence-electron chi connectivity index (χ4n) is 1.46. The zero-order valence-corrected chi connectivity index (χ0v) is 9.63. The Morgan fingerprint density at radius 3 is 2.71 bits per heavy atom. The zero-order chi connectivity index (χ0) is 12.3. The van der Waals surface area contributed by atoms with Gasteiger partial charge in [-0.3, -0.25) is 0 Å². The van der Waals surface area contributed by atoms with E-state index in [0.717, 1.165) is 12.0 Å². The maximum absolute atomic E-state index is 9.17. The summed E-state index contributed by atoms with van der Waals surface area (Å²) in [5.41, 5.74) is 6.81. The van der Waals surface area contributed by atoms with E-state index in [1.165, 1.54) is 0 Å². The SMILES string of the molecule is CC[C@H](N)c1nc(Cc2ccc(O)cc2)no1. The van der Waals surface area contributed by atoms with Crippen molar-refractivity contribution in [2.24, 2.45) is 5.73 Å². The maximum Gasteiger partial charge on any atom is 0.243 e. The number of hydrogen-bond acceptors (Lipinski definition) is 5. The highest BCUT2D eigenvalue weighted by atomic mass is 16.5. The van der Waals surface area contributed by atoms with Crippen LogP contribution in [0.4, 0.5) is 0 Å². The predicted molar refractivity (Wildman–Crippen MR) is 62.4 cm³/mol. The highest BCUT2D eigenvalue weighted by Gasteiger charge is 2.12. The summed E-state index contributed by atoms with van der Waals surface area (Å²) in [6, 6.07) is 6.72. The molecule has 0 unspecified atom stereocenters. The molecule has 0 amide bonds. The highest BCUT2D eigenvalue weighted by Crippen LogP contribution is 2.15. The molecule has 0 saturated carbocycles. The van der Waals surface area contributed by atoms with Crippen molar-refractivity contribution in [1.82, 2.24) is 10.1 Å². The fourth-order valence-corrected chi connectivity index (χ4v) is 1.46. The van der Waals surface area contributed by atoms with E-state index < -0.39 is 0 Å². The van der Waals surface area contributed by atoms with Crippen LogP contribution in [-0.2, 0) is 6.42 Å². The Hall–Kier alpha value is -1.88. The van der Waals surface area contributed by atoms with Gasteiger partial charge in [0.15, 0.2) is 5.82 Å². The van der Waals surface area contributed by atoms with Crippen LogP contribution < -0.4 is 5.73 Å². The summed E-state index contributed by atoms with van der Waals surface area (Å²) < 4.78 is 5.08. The molecule has 0 aliphatic carbocycles. The first-order valence-corrected chi connectivity index (χ1v) is 5.55. The van der Waals surface area contributed by atoms with Crippen molar-refractivity contribution in [3.63, 3.8) is 0 Å². The van der Waals surface area contributed by atoms with Crippen molar-refractivity contribution in [3.8, 4) is 5.75 Å².